The SMILES string of the molecule is CCOC[C@@]1(O)CC[C@@]2(C)[C@H](CC[C@@H]3[C@@H]2CC[C@]2(C)C([C@@H](CC)Nc4ccc(C#N)nc4)CC[C@@H]32)C1. The number of aliphatic hydroxyl groups is 1. The fourth-order valence-corrected chi connectivity index (χ4v) is 9.69. The van der Waals surface area contributed by atoms with Crippen LogP contribution in [0, 0.1) is 51.8 Å². The fraction of sp³-hybridized carbons (Fsp3) is 0.806. The topological polar surface area (TPSA) is 78.2 Å². The summed E-state index contributed by atoms with van der Waals surface area (Å²) in [5.74, 6) is 3.77. The average Bonchev–Trinajstić information content (AvgIpc) is 3.24. The van der Waals surface area contributed by atoms with Crippen molar-refractivity contribution in [3.8, 4) is 6.07 Å². The van der Waals surface area contributed by atoms with Crippen molar-refractivity contribution in [1.82, 2.24) is 4.98 Å². The molecule has 0 amide bonds. The van der Waals surface area contributed by atoms with Gasteiger partial charge >= 0.3 is 0 Å². The molecular formula is C31H47N3O2. The van der Waals surface area contributed by atoms with Gasteiger partial charge in [0, 0.05) is 12.6 Å². The molecule has 0 aromatic carbocycles. The number of nitriles is 1. The van der Waals surface area contributed by atoms with Gasteiger partial charge in [0.15, 0.2) is 0 Å². The Morgan fingerprint density at radius 1 is 1.08 bits per heavy atom. The second-order valence-electron chi connectivity index (χ2n) is 13.2. The lowest BCUT2D eigenvalue weighted by Gasteiger charge is -2.62. The van der Waals surface area contributed by atoms with Crippen molar-refractivity contribution in [2.75, 3.05) is 18.5 Å². The van der Waals surface area contributed by atoms with Gasteiger partial charge in [-0.1, -0.05) is 20.8 Å². The van der Waals surface area contributed by atoms with E-state index in [0.29, 0.717) is 47.6 Å². The molecule has 0 bridgehead atoms. The standard InChI is InChI=1S/C31H47N3O2/c1-5-28(34-23-9-8-22(18-32)33-19-23)27-12-11-25-24-10-7-21-17-31(35,20-36-6-2)16-15-29(21,3)26(24)13-14-30(25,27)4/h8-9,19,21,24-28,34-35H,5-7,10-17,20H2,1-4H3/t21-,24+,25+,26+,27?,28-,29+,30+,31-/m1/s1. The van der Waals surface area contributed by atoms with Crippen LogP contribution in [0.5, 0.6) is 0 Å². The van der Waals surface area contributed by atoms with E-state index >= 15 is 0 Å². The number of nitrogens with one attached hydrogen (secondary N) is 1. The molecular weight excluding hydrogens is 446 g/mol. The number of pyridine rings is 1. The van der Waals surface area contributed by atoms with E-state index in [1.165, 1.54) is 38.5 Å². The van der Waals surface area contributed by atoms with Gasteiger partial charge < -0.3 is 15.2 Å². The fourth-order valence-electron chi connectivity index (χ4n) is 9.69. The van der Waals surface area contributed by atoms with Gasteiger partial charge in [0.1, 0.15) is 11.8 Å². The van der Waals surface area contributed by atoms with Crippen molar-refractivity contribution in [3.63, 3.8) is 0 Å². The van der Waals surface area contributed by atoms with Gasteiger partial charge in [0.25, 0.3) is 0 Å². The number of aromatic nitrogens is 1. The molecule has 5 heteroatoms. The first-order valence-electron chi connectivity index (χ1n) is 14.7. The monoisotopic (exact) mass is 493 g/mol. The van der Waals surface area contributed by atoms with E-state index in [9.17, 15) is 5.11 Å². The minimum atomic E-state index is -0.616. The molecule has 1 heterocycles. The lowest BCUT2D eigenvalue weighted by Crippen LogP contribution is -2.57. The molecule has 5 rings (SSSR count). The van der Waals surface area contributed by atoms with E-state index in [2.05, 4.69) is 37.1 Å². The summed E-state index contributed by atoms with van der Waals surface area (Å²) in [6, 6.07) is 6.40. The van der Waals surface area contributed by atoms with E-state index in [-0.39, 0.29) is 0 Å². The maximum absolute atomic E-state index is 11.3. The summed E-state index contributed by atoms with van der Waals surface area (Å²) in [5.41, 5.74) is 1.66. The summed E-state index contributed by atoms with van der Waals surface area (Å²) in [6.07, 6.45) is 13.9. The van der Waals surface area contributed by atoms with E-state index in [0.717, 1.165) is 49.1 Å². The van der Waals surface area contributed by atoms with E-state index < -0.39 is 5.60 Å². The first-order chi connectivity index (χ1) is 17.3. The molecule has 4 saturated carbocycles. The third kappa shape index (κ3) is 4.37. The van der Waals surface area contributed by atoms with Crippen LogP contribution in [0.25, 0.3) is 0 Å². The molecule has 4 aliphatic rings. The van der Waals surface area contributed by atoms with Crippen molar-refractivity contribution < 1.29 is 9.84 Å². The molecule has 0 saturated heterocycles. The average molecular weight is 494 g/mol. The van der Waals surface area contributed by atoms with Crippen LogP contribution < -0.4 is 5.32 Å². The highest BCUT2D eigenvalue weighted by molar-refractivity contribution is 5.44. The van der Waals surface area contributed by atoms with Crippen molar-refractivity contribution in [2.45, 2.75) is 104 Å². The smallest absolute Gasteiger partial charge is 0.140 e. The van der Waals surface area contributed by atoms with Crippen LogP contribution in [-0.2, 0) is 4.74 Å². The number of hydrogen-bond acceptors (Lipinski definition) is 5. The third-order valence-corrected chi connectivity index (χ3v) is 11.6. The lowest BCUT2D eigenvalue weighted by atomic mass is 9.43. The number of hydrogen-bond donors (Lipinski definition) is 2. The highest BCUT2D eigenvalue weighted by atomic mass is 16.5. The van der Waals surface area contributed by atoms with Crippen molar-refractivity contribution in [2.24, 2.45) is 40.4 Å². The molecule has 36 heavy (non-hydrogen) atoms. The van der Waals surface area contributed by atoms with Crippen LogP contribution in [-0.4, -0.2) is 34.9 Å². The first kappa shape index (κ1) is 26.0. The Bertz CT molecular complexity index is 960. The zero-order valence-corrected chi connectivity index (χ0v) is 22.9. The van der Waals surface area contributed by atoms with Gasteiger partial charge in [0.05, 0.1) is 24.1 Å². The molecule has 4 aliphatic carbocycles. The van der Waals surface area contributed by atoms with Gasteiger partial charge in [-0.3, -0.25) is 0 Å². The normalized spacial score (nSPS) is 42.5. The molecule has 5 nitrogen and oxygen atoms in total. The van der Waals surface area contributed by atoms with Crippen LogP contribution in [0.4, 0.5) is 5.69 Å². The maximum atomic E-state index is 11.3. The predicted molar refractivity (Wildman–Crippen MR) is 143 cm³/mol. The van der Waals surface area contributed by atoms with Crippen molar-refractivity contribution in [3.05, 3.63) is 24.0 Å². The molecule has 0 radical (unpaired) electrons. The molecule has 2 N–H and O–H groups in total. The van der Waals surface area contributed by atoms with Crippen LogP contribution >= 0.6 is 0 Å². The van der Waals surface area contributed by atoms with Crippen molar-refractivity contribution in [1.29, 1.82) is 5.26 Å². The Kier molecular flexibility index (Phi) is 7.16. The second-order valence-corrected chi connectivity index (χ2v) is 13.2. The second kappa shape index (κ2) is 9.91. The summed E-state index contributed by atoms with van der Waals surface area (Å²) in [6.45, 7) is 10.7. The van der Waals surface area contributed by atoms with Crippen LogP contribution in [0.15, 0.2) is 18.3 Å². The Morgan fingerprint density at radius 2 is 1.89 bits per heavy atom. The summed E-state index contributed by atoms with van der Waals surface area (Å²) >= 11 is 0. The van der Waals surface area contributed by atoms with Gasteiger partial charge in [-0.2, -0.15) is 5.26 Å². The highest BCUT2D eigenvalue weighted by Crippen LogP contribution is 2.68. The minimum absolute atomic E-state index is 0.372. The summed E-state index contributed by atoms with van der Waals surface area (Å²) in [4.78, 5) is 4.29. The van der Waals surface area contributed by atoms with Crippen molar-refractivity contribution >= 4 is 5.69 Å². The van der Waals surface area contributed by atoms with Gasteiger partial charge in [-0.25, -0.2) is 4.98 Å². The minimum Gasteiger partial charge on any atom is -0.387 e. The Hall–Kier alpha value is -1.64. The summed E-state index contributed by atoms with van der Waals surface area (Å²) in [5, 5.41) is 24.2. The quantitative estimate of drug-likeness (QED) is 0.449. The van der Waals surface area contributed by atoms with Gasteiger partial charge in [-0.15, -0.1) is 0 Å². The first-order valence-corrected chi connectivity index (χ1v) is 14.7. The largest absolute Gasteiger partial charge is 0.387 e. The van der Waals surface area contributed by atoms with E-state index in [1.807, 2.05) is 25.3 Å². The third-order valence-electron chi connectivity index (χ3n) is 11.6. The van der Waals surface area contributed by atoms with Crippen LogP contribution in [0.3, 0.4) is 0 Å². The van der Waals surface area contributed by atoms with Crippen LogP contribution in [0.1, 0.15) is 97.6 Å². The number of nitrogens with zero attached hydrogens (tertiary/aromatic N) is 2. The Balaban J connectivity index is 1.30. The zero-order chi connectivity index (χ0) is 25.6. The number of rotatable bonds is 7. The van der Waals surface area contributed by atoms with Crippen LogP contribution in [0.2, 0.25) is 0 Å². The molecule has 198 valence electrons. The molecule has 4 fully saturated rings. The van der Waals surface area contributed by atoms with Gasteiger partial charge in [-0.05, 0) is 124 Å². The molecule has 0 aliphatic heterocycles. The summed E-state index contributed by atoms with van der Waals surface area (Å²) in [7, 11) is 0. The number of ether oxygens (including phenoxy) is 1. The van der Waals surface area contributed by atoms with Gasteiger partial charge in [0.2, 0.25) is 0 Å². The Morgan fingerprint density at radius 3 is 2.58 bits per heavy atom. The number of fused-ring (bicyclic) bond motifs is 5. The Labute approximate surface area is 218 Å². The molecule has 1 aromatic heterocycles. The highest BCUT2D eigenvalue weighted by Gasteiger charge is 2.61. The molecule has 1 unspecified atom stereocenters. The zero-order valence-electron chi connectivity index (χ0n) is 22.9. The molecule has 1 aromatic rings. The molecule has 9 atom stereocenters. The lowest BCUT2D eigenvalue weighted by molar-refractivity contribution is -0.165. The van der Waals surface area contributed by atoms with E-state index in [1.54, 1.807) is 0 Å². The van der Waals surface area contributed by atoms with E-state index in [4.69, 9.17) is 10.00 Å². The number of anilines is 1. The predicted octanol–water partition coefficient (Wildman–Crippen LogP) is 6.57. The maximum Gasteiger partial charge on any atom is 0.140 e. The summed E-state index contributed by atoms with van der Waals surface area (Å²) < 4.78 is 5.69. The molecule has 0 spiro atoms.